The van der Waals surface area contributed by atoms with Gasteiger partial charge in [-0.3, -0.25) is 14.5 Å². The van der Waals surface area contributed by atoms with Gasteiger partial charge < -0.3 is 19.9 Å². The number of esters is 1. The predicted octanol–water partition coefficient (Wildman–Crippen LogP) is 3.14. The van der Waals surface area contributed by atoms with Crippen LogP contribution in [-0.4, -0.2) is 71.9 Å². The Morgan fingerprint density at radius 1 is 1.03 bits per heavy atom. The van der Waals surface area contributed by atoms with Crippen molar-refractivity contribution >= 4 is 40.4 Å². The van der Waals surface area contributed by atoms with Crippen LogP contribution in [0.4, 0.5) is 5.69 Å². The monoisotopic (exact) mass is 460 g/mol. The van der Waals surface area contributed by atoms with Crippen molar-refractivity contribution in [2.75, 3.05) is 44.6 Å². The fourth-order valence-electron chi connectivity index (χ4n) is 3.90. The molecule has 2 heterocycles. The number of carbonyl (C=O) groups is 3. The van der Waals surface area contributed by atoms with Gasteiger partial charge in [0, 0.05) is 48.8 Å². The lowest BCUT2D eigenvalue weighted by Gasteiger charge is -2.34. The summed E-state index contributed by atoms with van der Waals surface area (Å²) in [6, 6.07) is 16.9. The smallest absolute Gasteiger partial charge is 0.330 e. The first-order valence-electron chi connectivity index (χ1n) is 11.4. The number of fused-ring (bicyclic) bond motifs is 1. The third kappa shape index (κ3) is 5.90. The minimum Gasteiger partial charge on any atom is -0.463 e. The molecule has 0 spiro atoms. The number of anilines is 1. The molecule has 1 aliphatic heterocycles. The van der Waals surface area contributed by atoms with E-state index >= 15 is 0 Å². The van der Waals surface area contributed by atoms with E-state index in [9.17, 15) is 14.4 Å². The van der Waals surface area contributed by atoms with Gasteiger partial charge in [0.2, 0.25) is 5.91 Å². The van der Waals surface area contributed by atoms with Crippen molar-refractivity contribution < 1.29 is 19.1 Å². The van der Waals surface area contributed by atoms with Gasteiger partial charge in [-0.2, -0.15) is 0 Å². The number of hydrogen-bond donors (Lipinski definition) is 2. The molecule has 3 aromatic rings. The average Bonchev–Trinajstić information content (AvgIpc) is 3.28. The molecule has 8 heteroatoms. The zero-order valence-electron chi connectivity index (χ0n) is 19.1. The molecule has 1 saturated heterocycles. The molecule has 1 aromatic heterocycles. The summed E-state index contributed by atoms with van der Waals surface area (Å²) in [5.41, 5.74) is 3.06. The topological polar surface area (TPSA) is 94.7 Å². The molecular formula is C26H28N4O4. The molecule has 0 unspecified atom stereocenters. The van der Waals surface area contributed by atoms with Crippen LogP contribution < -0.4 is 5.32 Å². The van der Waals surface area contributed by atoms with Gasteiger partial charge in [0.05, 0.1) is 13.2 Å². The van der Waals surface area contributed by atoms with Crippen LogP contribution >= 0.6 is 0 Å². The molecular weight excluding hydrogens is 432 g/mol. The highest BCUT2D eigenvalue weighted by Gasteiger charge is 2.24. The summed E-state index contributed by atoms with van der Waals surface area (Å²) in [6.07, 6.45) is 3.04. The Balaban J connectivity index is 1.23. The number of nitrogens with one attached hydrogen (secondary N) is 2. The maximum atomic E-state index is 12.8. The molecule has 1 aliphatic rings. The van der Waals surface area contributed by atoms with Crippen LogP contribution in [-0.2, 0) is 14.3 Å². The molecule has 176 valence electrons. The summed E-state index contributed by atoms with van der Waals surface area (Å²) in [7, 11) is 0. The molecule has 0 radical (unpaired) electrons. The minimum atomic E-state index is -0.386. The van der Waals surface area contributed by atoms with E-state index in [0.29, 0.717) is 44.2 Å². The van der Waals surface area contributed by atoms with Gasteiger partial charge in [-0.1, -0.05) is 30.3 Å². The quantitative estimate of drug-likeness (QED) is 0.417. The molecule has 2 N–H and O–H groups in total. The fraction of sp³-hybridized carbons (Fsp3) is 0.269. The Bertz CT molecular complexity index is 1160. The van der Waals surface area contributed by atoms with Crippen molar-refractivity contribution in [3.8, 4) is 0 Å². The van der Waals surface area contributed by atoms with Gasteiger partial charge in [0.1, 0.15) is 5.69 Å². The first kappa shape index (κ1) is 23.3. The number of nitrogens with zero attached hydrogens (tertiary/aromatic N) is 2. The third-order valence-corrected chi connectivity index (χ3v) is 5.68. The highest BCUT2D eigenvalue weighted by atomic mass is 16.5. The van der Waals surface area contributed by atoms with Gasteiger partial charge in [-0.05, 0) is 42.8 Å². The van der Waals surface area contributed by atoms with Crippen molar-refractivity contribution in [2.24, 2.45) is 0 Å². The Labute approximate surface area is 198 Å². The molecule has 2 amide bonds. The van der Waals surface area contributed by atoms with E-state index in [1.54, 1.807) is 25.1 Å². The SMILES string of the molecule is CCOC(=O)/C=C/c1ccc(NC(=O)CN2CCN(C(=O)c3cc4ccccc4[nH]3)CC2)cc1. The second kappa shape index (κ2) is 10.8. The average molecular weight is 461 g/mol. The fourth-order valence-corrected chi connectivity index (χ4v) is 3.90. The van der Waals surface area contributed by atoms with Gasteiger partial charge in [-0.15, -0.1) is 0 Å². The summed E-state index contributed by atoms with van der Waals surface area (Å²) in [5, 5.41) is 3.91. The molecule has 4 rings (SSSR count). The standard InChI is InChI=1S/C26H28N4O4/c1-2-34-25(32)12-9-19-7-10-21(11-8-19)27-24(31)18-29-13-15-30(16-14-29)26(33)23-17-20-5-3-4-6-22(20)28-23/h3-12,17,28H,2,13-16,18H2,1H3,(H,27,31)/b12-9+. The molecule has 2 aromatic carbocycles. The van der Waals surface area contributed by atoms with E-state index in [2.05, 4.69) is 10.3 Å². The Kier molecular flexibility index (Phi) is 7.39. The van der Waals surface area contributed by atoms with E-state index in [0.717, 1.165) is 16.5 Å². The Morgan fingerprint density at radius 2 is 1.76 bits per heavy atom. The highest BCUT2D eigenvalue weighted by molar-refractivity contribution is 5.98. The maximum absolute atomic E-state index is 12.8. The predicted molar refractivity (Wildman–Crippen MR) is 131 cm³/mol. The summed E-state index contributed by atoms with van der Waals surface area (Å²) in [5.74, 6) is -0.509. The van der Waals surface area contributed by atoms with Crippen molar-refractivity contribution in [2.45, 2.75) is 6.92 Å². The lowest BCUT2D eigenvalue weighted by molar-refractivity contribution is -0.137. The van der Waals surface area contributed by atoms with E-state index in [1.165, 1.54) is 6.08 Å². The number of piperazine rings is 1. The number of hydrogen-bond acceptors (Lipinski definition) is 5. The van der Waals surface area contributed by atoms with Crippen LogP contribution in [0.2, 0.25) is 0 Å². The Hall–Kier alpha value is -3.91. The highest BCUT2D eigenvalue weighted by Crippen LogP contribution is 2.17. The largest absolute Gasteiger partial charge is 0.463 e. The number of benzene rings is 2. The molecule has 0 aliphatic carbocycles. The summed E-state index contributed by atoms with van der Waals surface area (Å²) in [4.78, 5) is 43.8. The molecule has 34 heavy (non-hydrogen) atoms. The second-order valence-electron chi connectivity index (χ2n) is 8.09. The van der Waals surface area contributed by atoms with Crippen molar-refractivity contribution in [3.05, 3.63) is 71.9 Å². The lowest BCUT2D eigenvalue weighted by Crippen LogP contribution is -2.50. The van der Waals surface area contributed by atoms with E-state index < -0.39 is 0 Å². The molecule has 0 bridgehead atoms. The van der Waals surface area contributed by atoms with Crippen LogP contribution in [0, 0.1) is 0 Å². The molecule has 0 atom stereocenters. The number of ether oxygens (including phenoxy) is 1. The summed E-state index contributed by atoms with van der Waals surface area (Å²) < 4.78 is 4.86. The maximum Gasteiger partial charge on any atom is 0.330 e. The number of amides is 2. The molecule has 0 saturated carbocycles. The number of aromatic amines is 1. The summed E-state index contributed by atoms with van der Waals surface area (Å²) in [6.45, 7) is 4.77. The first-order chi connectivity index (χ1) is 16.5. The third-order valence-electron chi connectivity index (χ3n) is 5.68. The van der Waals surface area contributed by atoms with Crippen LogP contribution in [0.15, 0.2) is 60.7 Å². The number of para-hydroxylation sites is 1. The molecule has 1 fully saturated rings. The Morgan fingerprint density at radius 3 is 2.47 bits per heavy atom. The van der Waals surface area contributed by atoms with Crippen LogP contribution in [0.25, 0.3) is 17.0 Å². The number of carbonyl (C=O) groups excluding carboxylic acids is 3. The summed E-state index contributed by atoms with van der Waals surface area (Å²) >= 11 is 0. The van der Waals surface area contributed by atoms with Crippen LogP contribution in [0.3, 0.4) is 0 Å². The van der Waals surface area contributed by atoms with Crippen molar-refractivity contribution in [1.82, 2.24) is 14.8 Å². The zero-order chi connectivity index (χ0) is 23.9. The minimum absolute atomic E-state index is 0.0163. The van der Waals surface area contributed by atoms with Crippen LogP contribution in [0.5, 0.6) is 0 Å². The van der Waals surface area contributed by atoms with E-state index in [1.807, 2.05) is 52.3 Å². The second-order valence-corrected chi connectivity index (χ2v) is 8.09. The zero-order valence-corrected chi connectivity index (χ0v) is 19.1. The van der Waals surface area contributed by atoms with Crippen LogP contribution in [0.1, 0.15) is 23.0 Å². The number of aromatic nitrogens is 1. The van der Waals surface area contributed by atoms with E-state index in [-0.39, 0.29) is 24.3 Å². The van der Waals surface area contributed by atoms with Crippen molar-refractivity contribution in [3.63, 3.8) is 0 Å². The normalized spacial score (nSPS) is 14.4. The molecule has 8 nitrogen and oxygen atoms in total. The van der Waals surface area contributed by atoms with Crippen molar-refractivity contribution in [1.29, 1.82) is 0 Å². The van der Waals surface area contributed by atoms with Gasteiger partial charge in [0.25, 0.3) is 5.91 Å². The number of rotatable bonds is 7. The van der Waals surface area contributed by atoms with E-state index in [4.69, 9.17) is 4.74 Å². The first-order valence-corrected chi connectivity index (χ1v) is 11.4. The lowest BCUT2D eigenvalue weighted by atomic mass is 10.2. The number of H-pyrrole nitrogens is 1. The van der Waals surface area contributed by atoms with Gasteiger partial charge >= 0.3 is 5.97 Å². The van der Waals surface area contributed by atoms with Gasteiger partial charge in [0.15, 0.2) is 0 Å². The van der Waals surface area contributed by atoms with Gasteiger partial charge in [-0.25, -0.2) is 4.79 Å².